The predicted octanol–water partition coefficient (Wildman–Crippen LogP) is 1.07. The van der Waals surface area contributed by atoms with E-state index in [1.165, 1.54) is 0 Å². The van der Waals surface area contributed by atoms with E-state index in [-0.39, 0.29) is 11.4 Å². The van der Waals surface area contributed by atoms with Crippen LogP contribution in [0.4, 0.5) is 0 Å². The maximum absolute atomic E-state index is 12.0. The molecule has 2 aliphatic heterocycles. The Hall–Kier alpha value is -1.95. The number of pyridine rings is 1. The van der Waals surface area contributed by atoms with Gasteiger partial charge >= 0.3 is 5.97 Å². The second kappa shape index (κ2) is 3.77. The molecule has 0 aromatic carbocycles. The number of fused-ring (bicyclic) bond motifs is 2. The summed E-state index contributed by atoms with van der Waals surface area (Å²) < 4.78 is 12.6. The first-order valence-electron chi connectivity index (χ1n) is 6.32. The first-order chi connectivity index (χ1) is 9.24. The molecular weight excluding hydrogens is 246 g/mol. The average Bonchev–Trinajstić information content (AvgIpc) is 3.09. The molecule has 6 nitrogen and oxygen atoms in total. The molecule has 2 saturated heterocycles. The predicted molar refractivity (Wildman–Crippen MR) is 64.7 cm³/mol. The fraction of sp³-hybridized carbons (Fsp3) is 0.462. The van der Waals surface area contributed by atoms with Gasteiger partial charge in [-0.2, -0.15) is 0 Å². The van der Waals surface area contributed by atoms with Gasteiger partial charge in [0, 0.05) is 11.6 Å². The lowest BCUT2D eigenvalue weighted by Crippen LogP contribution is -2.37. The first kappa shape index (κ1) is 10.9. The maximum atomic E-state index is 12.0. The van der Waals surface area contributed by atoms with Crippen molar-refractivity contribution in [3.8, 4) is 0 Å². The van der Waals surface area contributed by atoms with Crippen LogP contribution in [-0.4, -0.2) is 39.9 Å². The Kier molecular flexibility index (Phi) is 2.17. The first-order valence-corrected chi connectivity index (χ1v) is 6.32. The molecule has 6 heteroatoms. The number of aromatic nitrogens is 3. The highest BCUT2D eigenvalue weighted by Gasteiger charge is 2.52. The van der Waals surface area contributed by atoms with Crippen LogP contribution in [-0.2, 0) is 9.47 Å². The normalized spacial score (nSPS) is 28.3. The van der Waals surface area contributed by atoms with Crippen molar-refractivity contribution in [2.24, 2.45) is 5.41 Å². The molecule has 1 aliphatic carbocycles. The zero-order valence-electron chi connectivity index (χ0n) is 10.3. The molecule has 5 rings (SSSR count). The summed E-state index contributed by atoms with van der Waals surface area (Å²) in [4.78, 5) is 12.0. The molecule has 98 valence electrons. The number of carbonyl (C=O) groups is 1. The molecule has 1 saturated carbocycles. The average molecular weight is 259 g/mol. The number of nitrogens with zero attached hydrogens (tertiary/aromatic N) is 3. The molecule has 0 spiro atoms. The van der Waals surface area contributed by atoms with Gasteiger partial charge in [-0.25, -0.2) is 4.79 Å². The SMILES string of the molecule is O=C(OCC12COC(C1)C2)c1ccc2nncn2c1. The van der Waals surface area contributed by atoms with Gasteiger partial charge < -0.3 is 9.47 Å². The summed E-state index contributed by atoms with van der Waals surface area (Å²) in [5, 5.41) is 7.66. The van der Waals surface area contributed by atoms with Crippen molar-refractivity contribution in [2.75, 3.05) is 13.2 Å². The summed E-state index contributed by atoms with van der Waals surface area (Å²) >= 11 is 0. The highest BCUT2D eigenvalue weighted by atomic mass is 16.5. The number of ether oxygens (including phenoxy) is 2. The number of carbonyl (C=O) groups excluding carboxylic acids is 1. The molecule has 0 radical (unpaired) electrons. The van der Waals surface area contributed by atoms with Gasteiger partial charge in [0.25, 0.3) is 0 Å². The van der Waals surface area contributed by atoms with Crippen molar-refractivity contribution >= 4 is 11.6 Å². The van der Waals surface area contributed by atoms with Gasteiger partial charge in [0.2, 0.25) is 0 Å². The van der Waals surface area contributed by atoms with E-state index in [2.05, 4.69) is 10.2 Å². The number of hydrogen-bond donors (Lipinski definition) is 0. The van der Waals surface area contributed by atoms with Crippen LogP contribution in [0.15, 0.2) is 24.7 Å². The smallest absolute Gasteiger partial charge is 0.339 e. The highest BCUT2D eigenvalue weighted by Crippen LogP contribution is 2.50. The minimum atomic E-state index is -0.305. The van der Waals surface area contributed by atoms with E-state index in [4.69, 9.17) is 9.47 Å². The summed E-state index contributed by atoms with van der Waals surface area (Å²) in [5.74, 6) is -0.305. The van der Waals surface area contributed by atoms with Crippen molar-refractivity contribution in [2.45, 2.75) is 18.9 Å². The van der Waals surface area contributed by atoms with E-state index in [1.54, 1.807) is 29.1 Å². The molecular formula is C13H13N3O3. The van der Waals surface area contributed by atoms with E-state index in [9.17, 15) is 4.79 Å². The van der Waals surface area contributed by atoms with Crippen LogP contribution >= 0.6 is 0 Å². The molecule has 2 bridgehead atoms. The molecule has 2 aromatic rings. The van der Waals surface area contributed by atoms with Crippen LogP contribution in [0.2, 0.25) is 0 Å². The van der Waals surface area contributed by atoms with E-state index in [1.807, 2.05) is 0 Å². The van der Waals surface area contributed by atoms with Gasteiger partial charge in [-0.3, -0.25) is 4.40 Å². The highest BCUT2D eigenvalue weighted by molar-refractivity contribution is 5.89. The van der Waals surface area contributed by atoms with Crippen molar-refractivity contribution in [3.63, 3.8) is 0 Å². The van der Waals surface area contributed by atoms with E-state index >= 15 is 0 Å². The molecule has 0 amide bonds. The summed E-state index contributed by atoms with van der Waals surface area (Å²) in [6.07, 6.45) is 5.68. The third-order valence-electron chi connectivity index (χ3n) is 3.98. The van der Waals surface area contributed by atoms with E-state index in [0.717, 1.165) is 19.4 Å². The Morgan fingerprint density at radius 1 is 1.53 bits per heavy atom. The lowest BCUT2D eigenvalue weighted by atomic mass is 9.71. The Labute approximate surface area is 109 Å². The standard InChI is InChI=1S/C13H13N3O3/c17-12(19-7-13-3-10(4-13)18-6-13)9-1-2-11-15-14-8-16(11)5-9/h1-2,5,8,10H,3-4,6-7H2. The molecule has 19 heavy (non-hydrogen) atoms. The molecule has 2 aromatic heterocycles. The third kappa shape index (κ3) is 1.71. The lowest BCUT2D eigenvalue weighted by molar-refractivity contribution is 0.0171. The summed E-state index contributed by atoms with van der Waals surface area (Å²) in [6.45, 7) is 1.16. The number of esters is 1. The largest absolute Gasteiger partial charge is 0.461 e. The number of hydrogen-bond acceptors (Lipinski definition) is 5. The minimum Gasteiger partial charge on any atom is -0.461 e. The molecule has 0 unspecified atom stereocenters. The van der Waals surface area contributed by atoms with Gasteiger partial charge in [0.15, 0.2) is 5.65 Å². The van der Waals surface area contributed by atoms with E-state index in [0.29, 0.717) is 23.9 Å². The van der Waals surface area contributed by atoms with Crippen LogP contribution in [0.25, 0.3) is 5.65 Å². The van der Waals surface area contributed by atoms with Crippen molar-refractivity contribution in [1.82, 2.24) is 14.6 Å². The van der Waals surface area contributed by atoms with Crippen molar-refractivity contribution in [1.29, 1.82) is 0 Å². The van der Waals surface area contributed by atoms with Crippen LogP contribution < -0.4 is 0 Å². The quantitative estimate of drug-likeness (QED) is 0.771. The maximum Gasteiger partial charge on any atom is 0.339 e. The molecule has 0 N–H and O–H groups in total. The summed E-state index contributed by atoms with van der Waals surface area (Å²) in [7, 11) is 0. The van der Waals surface area contributed by atoms with Crippen LogP contribution in [0.1, 0.15) is 23.2 Å². The second-order valence-electron chi connectivity index (χ2n) is 5.43. The fourth-order valence-electron chi connectivity index (χ4n) is 2.85. The monoisotopic (exact) mass is 259 g/mol. The Morgan fingerprint density at radius 3 is 3.21 bits per heavy atom. The van der Waals surface area contributed by atoms with Gasteiger partial charge in [0.05, 0.1) is 24.9 Å². The lowest BCUT2D eigenvalue weighted by Gasteiger charge is -2.34. The second-order valence-corrected chi connectivity index (χ2v) is 5.43. The summed E-state index contributed by atoms with van der Waals surface area (Å²) in [5.41, 5.74) is 1.31. The third-order valence-corrected chi connectivity index (χ3v) is 3.98. The molecule has 4 heterocycles. The van der Waals surface area contributed by atoms with Gasteiger partial charge in [0.1, 0.15) is 6.33 Å². The molecule has 3 fully saturated rings. The van der Waals surface area contributed by atoms with Crippen molar-refractivity contribution in [3.05, 3.63) is 30.2 Å². The Morgan fingerprint density at radius 2 is 2.42 bits per heavy atom. The Bertz CT molecular complexity index is 640. The fourth-order valence-corrected chi connectivity index (χ4v) is 2.85. The van der Waals surface area contributed by atoms with Gasteiger partial charge in [-0.15, -0.1) is 10.2 Å². The zero-order chi connectivity index (χ0) is 12.9. The van der Waals surface area contributed by atoms with E-state index < -0.39 is 0 Å². The molecule has 3 aliphatic rings. The molecule has 0 atom stereocenters. The Balaban J connectivity index is 1.47. The van der Waals surface area contributed by atoms with Crippen LogP contribution in [0, 0.1) is 5.41 Å². The topological polar surface area (TPSA) is 65.7 Å². The van der Waals surface area contributed by atoms with Crippen LogP contribution in [0.5, 0.6) is 0 Å². The number of rotatable bonds is 3. The van der Waals surface area contributed by atoms with Crippen LogP contribution in [0.3, 0.4) is 0 Å². The zero-order valence-corrected chi connectivity index (χ0v) is 10.3. The van der Waals surface area contributed by atoms with Gasteiger partial charge in [-0.05, 0) is 25.0 Å². The van der Waals surface area contributed by atoms with Crippen molar-refractivity contribution < 1.29 is 14.3 Å². The summed E-state index contributed by atoms with van der Waals surface area (Å²) in [6, 6.07) is 3.46. The van der Waals surface area contributed by atoms with Gasteiger partial charge in [-0.1, -0.05) is 0 Å². The minimum absolute atomic E-state index is 0.0843.